The van der Waals surface area contributed by atoms with E-state index in [9.17, 15) is 14.9 Å². The Kier molecular flexibility index (Phi) is 5.23. The number of hydrazone groups is 1. The fraction of sp³-hybridized carbons (Fsp3) is 0.111. The van der Waals surface area contributed by atoms with E-state index in [-0.39, 0.29) is 12.3 Å². The number of fused-ring (bicyclic) bond motifs is 1. The Hall–Kier alpha value is -3.68. The number of carbonyl (C=O) groups is 1. The summed E-state index contributed by atoms with van der Waals surface area (Å²) in [4.78, 5) is 22.5. The van der Waals surface area contributed by atoms with Crippen LogP contribution >= 0.6 is 0 Å². The van der Waals surface area contributed by atoms with Crippen molar-refractivity contribution in [1.29, 1.82) is 0 Å². The standard InChI is InChI=1S/C18H15N3O5/c22-18(17-12-25-15-9-3-4-10-16(15)26-17)20-19-11-5-7-13-6-1-2-8-14(13)21(23)24/h1-11,17H,12H2,(H,20,22)/b7-5+,19-11-/t17-/m1/s1. The van der Waals surface area contributed by atoms with E-state index in [1.165, 1.54) is 24.4 Å². The summed E-state index contributed by atoms with van der Waals surface area (Å²) >= 11 is 0. The average Bonchev–Trinajstić information content (AvgIpc) is 2.67. The quantitative estimate of drug-likeness (QED) is 0.505. The molecule has 2 aromatic rings. The van der Waals surface area contributed by atoms with Gasteiger partial charge in [0.2, 0.25) is 6.10 Å². The second kappa shape index (κ2) is 7.93. The molecule has 1 aliphatic heterocycles. The number of hydrogen-bond acceptors (Lipinski definition) is 6. The summed E-state index contributed by atoms with van der Waals surface area (Å²) in [7, 11) is 0. The van der Waals surface area contributed by atoms with Crippen molar-refractivity contribution in [3.63, 3.8) is 0 Å². The first-order valence-electron chi connectivity index (χ1n) is 7.76. The summed E-state index contributed by atoms with van der Waals surface area (Å²) in [6.07, 6.45) is 3.55. The zero-order chi connectivity index (χ0) is 18.4. The van der Waals surface area contributed by atoms with E-state index in [1.807, 2.05) is 6.07 Å². The molecule has 0 fully saturated rings. The Bertz CT molecular complexity index is 879. The van der Waals surface area contributed by atoms with E-state index >= 15 is 0 Å². The zero-order valence-corrected chi connectivity index (χ0v) is 13.6. The molecule has 0 aromatic heterocycles. The van der Waals surface area contributed by atoms with Crippen LogP contribution in [0.25, 0.3) is 6.08 Å². The zero-order valence-electron chi connectivity index (χ0n) is 13.6. The van der Waals surface area contributed by atoms with Crippen molar-refractivity contribution < 1.29 is 19.2 Å². The van der Waals surface area contributed by atoms with Gasteiger partial charge in [-0.15, -0.1) is 0 Å². The smallest absolute Gasteiger partial charge is 0.284 e. The van der Waals surface area contributed by atoms with Gasteiger partial charge in [0.05, 0.1) is 10.5 Å². The molecule has 132 valence electrons. The fourth-order valence-corrected chi connectivity index (χ4v) is 2.31. The number of nitrogens with zero attached hydrogens (tertiary/aromatic N) is 2. The summed E-state index contributed by atoms with van der Waals surface area (Å²) in [6.45, 7) is 0.0877. The van der Waals surface area contributed by atoms with Crippen LogP contribution in [-0.2, 0) is 4.79 Å². The molecule has 26 heavy (non-hydrogen) atoms. The number of rotatable bonds is 5. The van der Waals surface area contributed by atoms with Crippen molar-refractivity contribution in [2.24, 2.45) is 5.10 Å². The maximum absolute atomic E-state index is 12.0. The monoisotopic (exact) mass is 353 g/mol. The number of nitrogens with one attached hydrogen (secondary N) is 1. The number of nitro benzene ring substituents is 1. The van der Waals surface area contributed by atoms with E-state index in [2.05, 4.69) is 10.5 Å². The number of ether oxygens (including phenoxy) is 2. The minimum Gasteiger partial charge on any atom is -0.485 e. The normalized spacial score (nSPS) is 15.9. The van der Waals surface area contributed by atoms with Gasteiger partial charge < -0.3 is 9.47 Å². The Balaban J connectivity index is 1.55. The third-order valence-corrected chi connectivity index (χ3v) is 3.55. The molecule has 0 spiro atoms. The highest BCUT2D eigenvalue weighted by molar-refractivity contribution is 5.84. The van der Waals surface area contributed by atoms with Crippen molar-refractivity contribution in [2.75, 3.05) is 6.61 Å². The van der Waals surface area contributed by atoms with Gasteiger partial charge in [-0.3, -0.25) is 14.9 Å². The van der Waals surface area contributed by atoms with E-state index in [4.69, 9.17) is 9.47 Å². The Labute approximate surface area is 148 Å². The summed E-state index contributed by atoms with van der Waals surface area (Å²) in [5.74, 6) is 0.640. The first kappa shape index (κ1) is 17.2. The third-order valence-electron chi connectivity index (χ3n) is 3.55. The van der Waals surface area contributed by atoms with Crippen LogP contribution in [0.3, 0.4) is 0 Å². The SMILES string of the molecule is O=C(N/N=C\C=C\c1ccccc1[N+](=O)[O-])[C@H]1COc2ccccc2O1. The van der Waals surface area contributed by atoms with E-state index < -0.39 is 16.9 Å². The topological polar surface area (TPSA) is 103 Å². The molecule has 0 saturated heterocycles. The lowest BCUT2D eigenvalue weighted by Crippen LogP contribution is -2.42. The molecule has 8 nitrogen and oxygen atoms in total. The van der Waals surface area contributed by atoms with Crippen LogP contribution in [0.1, 0.15) is 5.56 Å². The molecule has 1 N–H and O–H groups in total. The highest BCUT2D eigenvalue weighted by Crippen LogP contribution is 2.30. The summed E-state index contributed by atoms with van der Waals surface area (Å²) in [6, 6.07) is 13.4. The molecule has 1 heterocycles. The van der Waals surface area contributed by atoms with Gasteiger partial charge in [-0.25, -0.2) is 5.43 Å². The van der Waals surface area contributed by atoms with Gasteiger partial charge in [-0.1, -0.05) is 24.3 Å². The van der Waals surface area contributed by atoms with E-state index in [0.29, 0.717) is 17.1 Å². The molecule has 2 aromatic carbocycles. The van der Waals surface area contributed by atoms with Crippen LogP contribution in [-0.4, -0.2) is 29.8 Å². The van der Waals surface area contributed by atoms with E-state index in [0.717, 1.165) is 0 Å². The van der Waals surface area contributed by atoms with Crippen molar-refractivity contribution in [2.45, 2.75) is 6.10 Å². The number of benzene rings is 2. The fourth-order valence-electron chi connectivity index (χ4n) is 2.31. The van der Waals surface area contributed by atoms with Crippen LogP contribution < -0.4 is 14.9 Å². The van der Waals surface area contributed by atoms with Crippen LogP contribution in [0, 0.1) is 10.1 Å². The molecule has 1 aliphatic rings. The van der Waals surface area contributed by atoms with Gasteiger partial charge in [0.15, 0.2) is 11.5 Å². The lowest BCUT2D eigenvalue weighted by Gasteiger charge is -2.24. The van der Waals surface area contributed by atoms with E-state index in [1.54, 1.807) is 36.4 Å². The number of carbonyl (C=O) groups excluding carboxylic acids is 1. The minimum absolute atomic E-state index is 0.00685. The second-order valence-corrected chi connectivity index (χ2v) is 5.29. The number of para-hydroxylation sites is 3. The van der Waals surface area contributed by atoms with Gasteiger partial charge in [0.1, 0.15) is 6.61 Å². The average molecular weight is 353 g/mol. The Morgan fingerprint density at radius 2 is 1.92 bits per heavy atom. The van der Waals surface area contributed by atoms with Gasteiger partial charge >= 0.3 is 0 Å². The molecular weight excluding hydrogens is 338 g/mol. The highest BCUT2D eigenvalue weighted by atomic mass is 16.6. The van der Waals surface area contributed by atoms with Crippen molar-refractivity contribution in [3.05, 3.63) is 70.3 Å². The van der Waals surface area contributed by atoms with Crippen LogP contribution in [0.4, 0.5) is 5.69 Å². The van der Waals surface area contributed by atoms with Gasteiger partial charge in [0, 0.05) is 12.3 Å². The molecule has 3 rings (SSSR count). The molecule has 8 heteroatoms. The number of hydrogen-bond donors (Lipinski definition) is 1. The van der Waals surface area contributed by atoms with Crippen LogP contribution in [0.5, 0.6) is 11.5 Å². The Morgan fingerprint density at radius 3 is 2.73 bits per heavy atom. The summed E-state index contributed by atoms with van der Waals surface area (Å²) < 4.78 is 11.0. The van der Waals surface area contributed by atoms with Gasteiger partial charge in [-0.05, 0) is 30.4 Å². The molecule has 0 aliphatic carbocycles. The minimum atomic E-state index is -0.804. The lowest BCUT2D eigenvalue weighted by molar-refractivity contribution is -0.385. The largest absolute Gasteiger partial charge is 0.485 e. The van der Waals surface area contributed by atoms with Crippen molar-refractivity contribution in [3.8, 4) is 11.5 Å². The van der Waals surface area contributed by atoms with Gasteiger partial charge in [-0.2, -0.15) is 5.10 Å². The molecule has 1 amide bonds. The first-order valence-corrected chi connectivity index (χ1v) is 7.76. The second-order valence-electron chi connectivity index (χ2n) is 5.29. The first-order chi connectivity index (χ1) is 12.6. The molecule has 0 radical (unpaired) electrons. The number of nitro groups is 1. The predicted octanol–water partition coefficient (Wildman–Crippen LogP) is 2.55. The number of allylic oxidation sites excluding steroid dienone is 1. The molecule has 0 saturated carbocycles. The maximum atomic E-state index is 12.0. The van der Waals surface area contributed by atoms with Crippen LogP contribution in [0.2, 0.25) is 0 Å². The van der Waals surface area contributed by atoms with Crippen molar-refractivity contribution >= 4 is 23.9 Å². The lowest BCUT2D eigenvalue weighted by atomic mass is 10.2. The molecular formula is C18H15N3O5. The van der Waals surface area contributed by atoms with Gasteiger partial charge in [0.25, 0.3) is 11.6 Å². The Morgan fingerprint density at radius 1 is 1.19 bits per heavy atom. The molecule has 0 unspecified atom stereocenters. The maximum Gasteiger partial charge on any atom is 0.284 e. The number of amides is 1. The third kappa shape index (κ3) is 4.04. The highest BCUT2D eigenvalue weighted by Gasteiger charge is 2.26. The molecule has 0 bridgehead atoms. The summed E-state index contributed by atoms with van der Waals surface area (Å²) in [5.41, 5.74) is 2.78. The summed E-state index contributed by atoms with van der Waals surface area (Å²) in [5, 5.41) is 14.7. The predicted molar refractivity (Wildman–Crippen MR) is 95.1 cm³/mol. The van der Waals surface area contributed by atoms with Crippen molar-refractivity contribution in [1.82, 2.24) is 5.43 Å². The van der Waals surface area contributed by atoms with Crippen LogP contribution in [0.15, 0.2) is 59.7 Å². The molecule has 1 atom stereocenters.